The molecule has 0 aromatic heterocycles. The van der Waals surface area contributed by atoms with Crippen LogP contribution in [0.4, 0.5) is 0 Å². The number of ether oxygens (including phenoxy) is 4. The molecule has 0 aromatic carbocycles. The number of unbranched alkanes of at least 4 members (excludes halogenated alkanes) is 50. The zero-order valence-electron chi connectivity index (χ0n) is 68.5. The van der Waals surface area contributed by atoms with E-state index in [2.05, 4.69) is 48.5 Å². The van der Waals surface area contributed by atoms with Gasteiger partial charge in [0.05, 0.1) is 26.4 Å². The lowest BCUT2D eigenvalue weighted by molar-refractivity contribution is -0.161. The van der Waals surface area contributed by atoms with E-state index in [4.69, 9.17) is 37.0 Å². The van der Waals surface area contributed by atoms with E-state index in [0.29, 0.717) is 25.7 Å². The third-order valence-electron chi connectivity index (χ3n) is 20.2. The summed E-state index contributed by atoms with van der Waals surface area (Å²) in [5, 5.41) is 10.7. The lowest BCUT2D eigenvalue weighted by Gasteiger charge is -2.21. The molecule has 0 heterocycles. The maximum atomic E-state index is 13.1. The number of rotatable bonds is 83. The second-order valence-corrected chi connectivity index (χ2v) is 34.7. The van der Waals surface area contributed by atoms with Gasteiger partial charge in [-0.05, 0) is 43.4 Å². The van der Waals surface area contributed by atoms with Gasteiger partial charge in [0.15, 0.2) is 12.2 Å². The summed E-state index contributed by atoms with van der Waals surface area (Å²) in [6, 6.07) is 0. The number of aliphatic hydroxyl groups excluding tert-OH is 1. The van der Waals surface area contributed by atoms with Gasteiger partial charge in [-0.3, -0.25) is 37.3 Å². The molecule has 0 radical (unpaired) electrons. The van der Waals surface area contributed by atoms with Gasteiger partial charge in [0.25, 0.3) is 0 Å². The number of esters is 4. The minimum Gasteiger partial charge on any atom is -0.462 e. The average molecular weight is 1520 g/mol. The second kappa shape index (κ2) is 75.1. The quantitative estimate of drug-likeness (QED) is 0.0222. The normalized spacial score (nSPS) is 14.2. The first-order chi connectivity index (χ1) is 50.3. The zero-order chi connectivity index (χ0) is 76.5. The smallest absolute Gasteiger partial charge is 0.462 e. The van der Waals surface area contributed by atoms with Crippen molar-refractivity contribution in [1.29, 1.82) is 0 Å². The van der Waals surface area contributed by atoms with Gasteiger partial charge >= 0.3 is 39.5 Å². The molecule has 19 heteroatoms. The first kappa shape index (κ1) is 102. The molecule has 104 heavy (non-hydrogen) atoms. The lowest BCUT2D eigenvalue weighted by Crippen LogP contribution is -2.30. The third-order valence-corrected chi connectivity index (χ3v) is 22.1. The van der Waals surface area contributed by atoms with Crippen LogP contribution in [0, 0.1) is 17.8 Å². The number of aliphatic hydroxyl groups is 1. The van der Waals surface area contributed by atoms with Gasteiger partial charge in [-0.25, -0.2) is 9.13 Å². The fraction of sp³-hybridized carbons (Fsp3) is 0.953. The summed E-state index contributed by atoms with van der Waals surface area (Å²) in [5.41, 5.74) is 0. The van der Waals surface area contributed by atoms with Crippen LogP contribution in [-0.4, -0.2) is 96.7 Å². The molecule has 618 valence electrons. The minimum absolute atomic E-state index is 0.107. The van der Waals surface area contributed by atoms with Crippen LogP contribution in [0.1, 0.15) is 447 Å². The molecule has 0 saturated carbocycles. The lowest BCUT2D eigenvalue weighted by atomic mass is 9.99. The average Bonchev–Trinajstić information content (AvgIpc) is 0.937. The molecule has 0 aromatic rings. The van der Waals surface area contributed by atoms with E-state index in [1.165, 1.54) is 257 Å². The summed E-state index contributed by atoms with van der Waals surface area (Å²) in [5.74, 6) is 0.343. The molecule has 0 aliphatic rings. The summed E-state index contributed by atoms with van der Waals surface area (Å²) in [7, 11) is -9.93. The van der Waals surface area contributed by atoms with E-state index in [9.17, 15) is 43.2 Å². The summed E-state index contributed by atoms with van der Waals surface area (Å²) < 4.78 is 68.8. The number of phosphoric acid groups is 2. The Morgan fingerprint density at radius 2 is 0.490 bits per heavy atom. The number of carbonyl (C=O) groups is 4. The third kappa shape index (κ3) is 76.8. The Bertz CT molecular complexity index is 2010. The SMILES string of the molecule is CCCCCCCCCCCCC(=O)OC[C@H](COP(=O)(O)OC[C@H](O)COP(=O)(O)OC[C@@H](COC(=O)CCCCCCCCCCCCCCCC(C)C)OC(=O)CCCCCCCCCCCCCCCCCCCCC(C)CC)OC(=O)CCCCCCCCCCCCCCCC(C)C. The molecule has 17 nitrogen and oxygen atoms in total. The topological polar surface area (TPSA) is 237 Å². The maximum Gasteiger partial charge on any atom is 0.472 e. The number of phosphoric ester groups is 2. The van der Waals surface area contributed by atoms with Crippen LogP contribution in [0.15, 0.2) is 0 Å². The van der Waals surface area contributed by atoms with Crippen LogP contribution in [0.3, 0.4) is 0 Å². The molecule has 0 rings (SSSR count). The van der Waals surface area contributed by atoms with E-state index in [1.807, 2.05) is 0 Å². The Morgan fingerprint density at radius 3 is 0.731 bits per heavy atom. The molecule has 0 bridgehead atoms. The van der Waals surface area contributed by atoms with Crippen LogP contribution in [0.2, 0.25) is 0 Å². The Kier molecular flexibility index (Phi) is 73.7. The monoisotopic (exact) mass is 1520 g/mol. The van der Waals surface area contributed by atoms with Gasteiger partial charge in [-0.2, -0.15) is 0 Å². The van der Waals surface area contributed by atoms with Crippen molar-refractivity contribution in [3.05, 3.63) is 0 Å². The van der Waals surface area contributed by atoms with Gasteiger partial charge in [0.1, 0.15) is 19.3 Å². The van der Waals surface area contributed by atoms with Gasteiger partial charge < -0.3 is 33.8 Å². The molecule has 3 unspecified atom stereocenters. The standard InChI is InChI=1S/C85H166O17P2/c1-8-10-11-12-13-14-38-45-52-59-66-82(87)95-72-80(101-85(90)69-62-55-48-41-34-28-22-24-30-36-43-50-57-64-77(5)6)74-99-103(91,92)97-70-79(86)71-98-104(93,94)100-75-81(73-96-83(88)67-60-53-46-39-32-27-21-23-29-35-42-49-56-63-76(3)4)102-84(89)68-61-54-47-40-33-26-20-18-16-15-17-19-25-31-37-44-51-58-65-78(7)9-2/h76-81,86H,8-75H2,1-7H3,(H,91,92)(H,93,94)/t78?,79-,80+,81+/m0/s1. The fourth-order valence-electron chi connectivity index (χ4n) is 13.2. The Morgan fingerprint density at radius 1 is 0.279 bits per heavy atom. The van der Waals surface area contributed by atoms with Crippen LogP contribution >= 0.6 is 15.6 Å². The second-order valence-electron chi connectivity index (χ2n) is 31.8. The number of hydrogen-bond acceptors (Lipinski definition) is 15. The van der Waals surface area contributed by atoms with E-state index in [-0.39, 0.29) is 25.7 Å². The van der Waals surface area contributed by atoms with Gasteiger partial charge in [0, 0.05) is 25.7 Å². The van der Waals surface area contributed by atoms with E-state index < -0.39 is 97.5 Å². The van der Waals surface area contributed by atoms with Crippen molar-refractivity contribution >= 4 is 39.5 Å². The molecule has 0 saturated heterocycles. The predicted molar refractivity (Wildman–Crippen MR) is 428 cm³/mol. The van der Waals surface area contributed by atoms with E-state index >= 15 is 0 Å². The molecular weight excluding hydrogens is 1350 g/mol. The fourth-order valence-corrected chi connectivity index (χ4v) is 14.7. The highest BCUT2D eigenvalue weighted by molar-refractivity contribution is 7.47. The molecule has 3 N–H and O–H groups in total. The maximum absolute atomic E-state index is 13.1. The highest BCUT2D eigenvalue weighted by atomic mass is 31.2. The molecule has 0 amide bonds. The molecule has 0 fully saturated rings. The highest BCUT2D eigenvalue weighted by Crippen LogP contribution is 2.45. The number of hydrogen-bond donors (Lipinski definition) is 3. The summed E-state index contributed by atoms with van der Waals surface area (Å²) in [6.45, 7) is 12.1. The van der Waals surface area contributed by atoms with Crippen molar-refractivity contribution in [2.24, 2.45) is 17.8 Å². The van der Waals surface area contributed by atoms with Crippen LogP contribution in [0.5, 0.6) is 0 Å². The molecular formula is C85H166O17P2. The van der Waals surface area contributed by atoms with Crippen molar-refractivity contribution in [3.63, 3.8) is 0 Å². The molecule has 0 aliphatic heterocycles. The minimum atomic E-state index is -4.97. The Hall–Kier alpha value is -1.94. The van der Waals surface area contributed by atoms with E-state index in [1.54, 1.807) is 0 Å². The molecule has 6 atom stereocenters. The van der Waals surface area contributed by atoms with Crippen molar-refractivity contribution in [2.75, 3.05) is 39.6 Å². The summed E-state index contributed by atoms with van der Waals surface area (Å²) >= 11 is 0. The number of carbonyl (C=O) groups excluding carboxylic acids is 4. The van der Waals surface area contributed by atoms with Crippen LogP contribution in [0.25, 0.3) is 0 Å². The van der Waals surface area contributed by atoms with Crippen molar-refractivity contribution < 1.29 is 80.2 Å². The summed E-state index contributed by atoms with van der Waals surface area (Å²) in [6.07, 6.45) is 65.1. The van der Waals surface area contributed by atoms with Crippen LogP contribution < -0.4 is 0 Å². The van der Waals surface area contributed by atoms with Crippen molar-refractivity contribution in [3.8, 4) is 0 Å². The molecule has 0 aliphatic carbocycles. The van der Waals surface area contributed by atoms with Crippen molar-refractivity contribution in [1.82, 2.24) is 0 Å². The van der Waals surface area contributed by atoms with Gasteiger partial charge in [-0.15, -0.1) is 0 Å². The first-order valence-electron chi connectivity index (χ1n) is 43.9. The largest absolute Gasteiger partial charge is 0.472 e. The summed E-state index contributed by atoms with van der Waals surface area (Å²) in [4.78, 5) is 73.2. The van der Waals surface area contributed by atoms with Gasteiger partial charge in [-0.1, -0.05) is 395 Å². The highest BCUT2D eigenvalue weighted by Gasteiger charge is 2.30. The van der Waals surface area contributed by atoms with Crippen LogP contribution in [-0.2, 0) is 65.4 Å². The zero-order valence-corrected chi connectivity index (χ0v) is 70.3. The Labute approximate surface area is 638 Å². The van der Waals surface area contributed by atoms with Crippen molar-refractivity contribution in [2.45, 2.75) is 465 Å². The molecule has 0 spiro atoms. The first-order valence-corrected chi connectivity index (χ1v) is 46.9. The van der Waals surface area contributed by atoms with Gasteiger partial charge in [0.2, 0.25) is 0 Å². The van der Waals surface area contributed by atoms with E-state index in [0.717, 1.165) is 108 Å². The Balaban J connectivity index is 5.22. The predicted octanol–water partition coefficient (Wildman–Crippen LogP) is 25.7.